The molecule has 0 nitrogen and oxygen atoms in total. The molecule has 0 saturated carbocycles. The molecule has 0 bridgehead atoms. The Morgan fingerprint density at radius 1 is 1.21 bits per heavy atom. The summed E-state index contributed by atoms with van der Waals surface area (Å²) in [7, 11) is 3.87. The lowest BCUT2D eigenvalue weighted by atomic mass is 9.76. The second-order valence-corrected chi connectivity index (χ2v) is 5.87. The molecular weight excluding hydrogens is 240 g/mol. The number of benzene rings is 2. The fraction of sp³-hybridized carbons (Fsp3) is 0.333. The number of halogens is 2. The van der Waals surface area contributed by atoms with Gasteiger partial charge in [0.2, 0.25) is 0 Å². The Kier molecular flexibility index (Phi) is 2.57. The van der Waals surface area contributed by atoms with Crippen LogP contribution in [0.5, 0.6) is 0 Å². The maximum absolute atomic E-state index is 14.4. The quantitative estimate of drug-likeness (QED) is 0.615. The van der Waals surface area contributed by atoms with Gasteiger partial charge in [0.05, 0.1) is 0 Å². The third kappa shape index (κ3) is 1.58. The highest BCUT2D eigenvalue weighted by Crippen LogP contribution is 2.45. The van der Waals surface area contributed by atoms with Crippen LogP contribution < -0.4 is 10.9 Å². The molecule has 96 valence electrons. The van der Waals surface area contributed by atoms with Crippen LogP contribution in [0.4, 0.5) is 8.78 Å². The first-order chi connectivity index (χ1) is 8.84. The maximum Gasteiger partial charge on any atom is 0.275 e. The molecule has 0 saturated heterocycles. The van der Waals surface area contributed by atoms with Crippen LogP contribution in [0, 0.1) is 12.8 Å². The summed E-state index contributed by atoms with van der Waals surface area (Å²) in [6, 6.07) is 6.08. The van der Waals surface area contributed by atoms with Crippen LogP contribution in [0.1, 0.15) is 23.6 Å². The fourth-order valence-corrected chi connectivity index (χ4v) is 3.41. The van der Waals surface area contributed by atoms with Crippen LogP contribution in [0.3, 0.4) is 0 Å². The van der Waals surface area contributed by atoms with E-state index in [4.69, 9.17) is 0 Å². The van der Waals surface area contributed by atoms with Crippen LogP contribution in [0.2, 0.25) is 0 Å². The molecule has 0 aromatic heterocycles. The van der Waals surface area contributed by atoms with E-state index in [1.165, 1.54) is 0 Å². The van der Waals surface area contributed by atoms with E-state index in [1.54, 1.807) is 6.92 Å². The third-order valence-corrected chi connectivity index (χ3v) is 4.65. The van der Waals surface area contributed by atoms with Gasteiger partial charge in [-0.1, -0.05) is 41.6 Å². The summed E-state index contributed by atoms with van der Waals surface area (Å²) in [6.45, 7) is 3.67. The van der Waals surface area contributed by atoms with Gasteiger partial charge < -0.3 is 0 Å². The number of hydrogen-bond acceptors (Lipinski definition) is 0. The summed E-state index contributed by atoms with van der Waals surface area (Å²) in [6.07, 6.45) is 0.478. The Morgan fingerprint density at radius 2 is 1.89 bits per heavy atom. The molecule has 19 heavy (non-hydrogen) atoms. The molecule has 0 N–H and O–H groups in total. The Labute approximate surface area is 114 Å². The standard InChI is InChI=1S/C15H16B2F2/c1-7-3-4-9-6-10-5-8(2)15(18,19)12(10)14(17)11(9)13(7)16/h3-4,6,8H,5,16-17H2,1-2H3. The molecule has 0 spiro atoms. The summed E-state index contributed by atoms with van der Waals surface area (Å²) in [4.78, 5) is 0. The van der Waals surface area contributed by atoms with Crippen molar-refractivity contribution >= 4 is 37.4 Å². The molecule has 0 aliphatic heterocycles. The van der Waals surface area contributed by atoms with Crippen LogP contribution in [0.15, 0.2) is 18.2 Å². The predicted octanol–water partition coefficient (Wildman–Crippen LogP) is 0.949. The molecule has 0 heterocycles. The molecule has 4 heteroatoms. The SMILES string of the molecule is Bc1c(C)ccc2cc3c(c(B)c12)C(F)(F)C(C)C3. The second-order valence-electron chi connectivity index (χ2n) is 5.87. The first-order valence-electron chi connectivity index (χ1n) is 6.74. The van der Waals surface area contributed by atoms with Crippen molar-refractivity contribution in [3.8, 4) is 0 Å². The second kappa shape index (κ2) is 3.84. The highest BCUT2D eigenvalue weighted by molar-refractivity contribution is 6.49. The van der Waals surface area contributed by atoms with Gasteiger partial charge >= 0.3 is 0 Å². The van der Waals surface area contributed by atoms with Gasteiger partial charge in [-0.05, 0) is 29.7 Å². The minimum atomic E-state index is -2.69. The molecule has 1 aliphatic carbocycles. The minimum absolute atomic E-state index is 0.279. The number of rotatable bonds is 0. The maximum atomic E-state index is 14.4. The van der Waals surface area contributed by atoms with E-state index in [9.17, 15) is 8.78 Å². The topological polar surface area (TPSA) is 0 Å². The third-order valence-electron chi connectivity index (χ3n) is 4.65. The van der Waals surface area contributed by atoms with Crippen molar-refractivity contribution in [3.05, 3.63) is 34.9 Å². The van der Waals surface area contributed by atoms with Crippen molar-refractivity contribution in [2.45, 2.75) is 26.2 Å². The van der Waals surface area contributed by atoms with Crippen LogP contribution in [-0.4, -0.2) is 15.7 Å². The number of hydrogen-bond donors (Lipinski definition) is 0. The number of alkyl halides is 2. The van der Waals surface area contributed by atoms with Crippen LogP contribution in [-0.2, 0) is 12.3 Å². The Balaban J connectivity index is 2.45. The van der Waals surface area contributed by atoms with Gasteiger partial charge in [-0.3, -0.25) is 0 Å². The van der Waals surface area contributed by atoms with Crippen molar-refractivity contribution in [1.29, 1.82) is 0 Å². The van der Waals surface area contributed by atoms with Crippen LogP contribution >= 0.6 is 0 Å². The van der Waals surface area contributed by atoms with Crippen LogP contribution in [0.25, 0.3) is 10.8 Å². The normalized spacial score (nSPS) is 20.7. The summed E-state index contributed by atoms with van der Waals surface area (Å²) >= 11 is 0. The van der Waals surface area contributed by atoms with E-state index in [2.05, 4.69) is 6.07 Å². The summed E-state index contributed by atoms with van der Waals surface area (Å²) in [5.74, 6) is -3.29. The van der Waals surface area contributed by atoms with Gasteiger partial charge in [-0.2, -0.15) is 0 Å². The van der Waals surface area contributed by atoms with Gasteiger partial charge in [0.15, 0.2) is 0 Å². The molecular formula is C15H16B2F2. The predicted molar refractivity (Wildman–Crippen MR) is 81.8 cm³/mol. The zero-order valence-corrected chi connectivity index (χ0v) is 11.8. The van der Waals surface area contributed by atoms with Crippen molar-refractivity contribution in [2.75, 3.05) is 0 Å². The molecule has 1 aliphatic rings. The Morgan fingerprint density at radius 3 is 2.58 bits per heavy atom. The molecule has 2 aromatic carbocycles. The average Bonchev–Trinajstić information content (AvgIpc) is 2.55. The zero-order valence-electron chi connectivity index (χ0n) is 11.8. The van der Waals surface area contributed by atoms with Gasteiger partial charge in [-0.15, -0.1) is 0 Å². The van der Waals surface area contributed by atoms with Crippen molar-refractivity contribution in [1.82, 2.24) is 0 Å². The smallest absolute Gasteiger partial charge is 0.201 e. The monoisotopic (exact) mass is 256 g/mol. The molecule has 0 fully saturated rings. The molecule has 2 aromatic rings. The summed E-state index contributed by atoms with van der Waals surface area (Å²) in [5.41, 5.74) is 4.15. The van der Waals surface area contributed by atoms with Gasteiger partial charge in [0, 0.05) is 11.5 Å². The van der Waals surface area contributed by atoms with E-state index in [0.717, 1.165) is 32.8 Å². The lowest BCUT2D eigenvalue weighted by Crippen LogP contribution is -2.28. The van der Waals surface area contributed by atoms with Gasteiger partial charge in [0.1, 0.15) is 15.7 Å². The lowest BCUT2D eigenvalue weighted by molar-refractivity contribution is -0.0441. The molecule has 0 amide bonds. The molecule has 1 atom stereocenters. The first kappa shape index (κ1) is 12.7. The highest BCUT2D eigenvalue weighted by Gasteiger charge is 2.46. The van der Waals surface area contributed by atoms with Gasteiger partial charge in [0.25, 0.3) is 5.92 Å². The fourth-order valence-electron chi connectivity index (χ4n) is 3.41. The highest BCUT2D eigenvalue weighted by atomic mass is 19.3. The molecule has 3 rings (SSSR count). The summed E-state index contributed by atoms with van der Waals surface area (Å²) in [5, 5.41) is 2.09. The Bertz CT molecular complexity index is 692. The molecule has 1 unspecified atom stereocenters. The number of fused-ring (bicyclic) bond motifs is 2. The minimum Gasteiger partial charge on any atom is -0.201 e. The van der Waals surface area contributed by atoms with Crippen molar-refractivity contribution in [2.24, 2.45) is 5.92 Å². The van der Waals surface area contributed by atoms with Gasteiger partial charge in [-0.25, -0.2) is 8.78 Å². The first-order valence-corrected chi connectivity index (χ1v) is 6.74. The zero-order chi connectivity index (χ0) is 13.9. The van der Waals surface area contributed by atoms with E-state index in [1.807, 2.05) is 34.7 Å². The van der Waals surface area contributed by atoms with E-state index in [-0.39, 0.29) is 5.56 Å². The van der Waals surface area contributed by atoms with E-state index in [0.29, 0.717) is 6.42 Å². The summed E-state index contributed by atoms with van der Waals surface area (Å²) < 4.78 is 28.7. The average molecular weight is 256 g/mol. The van der Waals surface area contributed by atoms with Crippen molar-refractivity contribution < 1.29 is 8.78 Å². The largest absolute Gasteiger partial charge is 0.275 e. The van der Waals surface area contributed by atoms with Crippen molar-refractivity contribution in [3.63, 3.8) is 0 Å². The molecule has 0 radical (unpaired) electrons. The Hall–Kier alpha value is -1.31. The lowest BCUT2D eigenvalue weighted by Gasteiger charge is -2.20. The van der Waals surface area contributed by atoms with E-state index >= 15 is 0 Å². The van der Waals surface area contributed by atoms with E-state index < -0.39 is 11.8 Å². The number of aryl methyl sites for hydroxylation is 1.